The number of halogens is 4. The number of hydrogen-bond donors (Lipinski definition) is 2. The fourth-order valence-corrected chi connectivity index (χ4v) is 3.90. The molecule has 10 heteroatoms. The van der Waals surface area contributed by atoms with E-state index in [1.54, 1.807) is 29.6 Å². The summed E-state index contributed by atoms with van der Waals surface area (Å²) in [7, 11) is 0. The average molecular weight is 440 g/mol. The molecule has 29 heavy (non-hydrogen) atoms. The van der Waals surface area contributed by atoms with Gasteiger partial charge in [0.1, 0.15) is 5.75 Å². The summed E-state index contributed by atoms with van der Waals surface area (Å²) in [5, 5.41) is 26.7. The van der Waals surface area contributed by atoms with E-state index in [0.29, 0.717) is 21.3 Å². The van der Waals surface area contributed by atoms with Gasteiger partial charge in [-0.15, -0.1) is 11.3 Å². The van der Waals surface area contributed by atoms with Crippen LogP contribution in [0.1, 0.15) is 12.0 Å². The number of aliphatic hydroxyl groups is 1. The maximum atomic E-state index is 13.8. The maximum absolute atomic E-state index is 13.8. The third-order valence-corrected chi connectivity index (χ3v) is 5.50. The lowest BCUT2D eigenvalue weighted by molar-refractivity contribution is -0.254. The van der Waals surface area contributed by atoms with Crippen molar-refractivity contribution in [2.75, 3.05) is 5.01 Å². The first-order valence-electron chi connectivity index (χ1n) is 8.35. The largest absolute Gasteiger partial charge is 0.508 e. The number of aromatic hydroxyl groups is 1. The number of alkyl halides is 3. The molecule has 0 spiro atoms. The summed E-state index contributed by atoms with van der Waals surface area (Å²) < 4.78 is 41.3. The summed E-state index contributed by atoms with van der Waals surface area (Å²) in [6.07, 6.45) is -5.78. The van der Waals surface area contributed by atoms with Crippen molar-refractivity contribution in [2.45, 2.75) is 18.3 Å². The molecule has 0 saturated heterocycles. The molecule has 3 aromatic rings. The Hall–Kier alpha value is -2.62. The van der Waals surface area contributed by atoms with Crippen LogP contribution in [0.25, 0.3) is 11.3 Å². The Morgan fingerprint density at radius 2 is 1.83 bits per heavy atom. The fourth-order valence-electron chi connectivity index (χ4n) is 2.93. The molecule has 2 N–H and O–H groups in total. The van der Waals surface area contributed by atoms with E-state index in [1.807, 2.05) is 0 Å². The molecule has 0 aliphatic carbocycles. The summed E-state index contributed by atoms with van der Waals surface area (Å²) in [4.78, 5) is 4.23. The van der Waals surface area contributed by atoms with Gasteiger partial charge in [-0.2, -0.15) is 23.3 Å². The first-order chi connectivity index (χ1) is 13.7. The normalized spacial score (nSPS) is 19.5. The van der Waals surface area contributed by atoms with Gasteiger partial charge in [0.05, 0.1) is 17.8 Å². The molecular formula is C19H13ClF3N3O2S. The molecule has 150 valence electrons. The van der Waals surface area contributed by atoms with Crippen molar-refractivity contribution in [1.82, 2.24) is 4.98 Å². The van der Waals surface area contributed by atoms with Crippen molar-refractivity contribution in [2.24, 2.45) is 5.10 Å². The minimum Gasteiger partial charge on any atom is -0.508 e. The van der Waals surface area contributed by atoms with Crippen molar-refractivity contribution >= 4 is 33.8 Å². The highest BCUT2D eigenvalue weighted by Crippen LogP contribution is 2.45. The monoisotopic (exact) mass is 439 g/mol. The van der Waals surface area contributed by atoms with Crippen LogP contribution in [0.3, 0.4) is 0 Å². The van der Waals surface area contributed by atoms with E-state index >= 15 is 0 Å². The number of thiazole rings is 1. The molecule has 1 aliphatic heterocycles. The third-order valence-electron chi connectivity index (χ3n) is 4.43. The van der Waals surface area contributed by atoms with E-state index in [1.165, 1.54) is 24.3 Å². The number of phenolic OH excluding ortho intramolecular Hbond substituents is 1. The van der Waals surface area contributed by atoms with Gasteiger partial charge in [-0.25, -0.2) is 4.98 Å². The van der Waals surface area contributed by atoms with Crippen molar-refractivity contribution in [3.8, 4) is 17.0 Å². The van der Waals surface area contributed by atoms with Crippen LogP contribution in [0.2, 0.25) is 5.02 Å². The van der Waals surface area contributed by atoms with Gasteiger partial charge >= 0.3 is 6.18 Å². The summed E-state index contributed by atoms with van der Waals surface area (Å²) in [6.45, 7) is 0. The lowest BCUT2D eigenvalue weighted by atomic mass is 10.0. The van der Waals surface area contributed by atoms with Gasteiger partial charge in [-0.3, -0.25) is 0 Å². The quantitative estimate of drug-likeness (QED) is 0.600. The molecule has 0 bridgehead atoms. The second-order valence-corrected chi connectivity index (χ2v) is 7.70. The zero-order valence-corrected chi connectivity index (χ0v) is 16.1. The van der Waals surface area contributed by atoms with Gasteiger partial charge in [0.2, 0.25) is 5.13 Å². The van der Waals surface area contributed by atoms with E-state index in [4.69, 9.17) is 11.6 Å². The van der Waals surface area contributed by atoms with Crippen molar-refractivity contribution in [3.05, 3.63) is 64.5 Å². The Morgan fingerprint density at radius 3 is 2.48 bits per heavy atom. The predicted octanol–water partition coefficient (Wildman–Crippen LogP) is 5.03. The number of nitrogens with zero attached hydrogens (tertiary/aromatic N) is 3. The topological polar surface area (TPSA) is 69.0 Å². The lowest BCUT2D eigenvalue weighted by Gasteiger charge is -2.32. The highest BCUT2D eigenvalue weighted by atomic mass is 35.5. The van der Waals surface area contributed by atoms with Gasteiger partial charge in [0.25, 0.3) is 5.72 Å². The van der Waals surface area contributed by atoms with Crippen molar-refractivity contribution in [1.29, 1.82) is 0 Å². The zero-order valence-electron chi connectivity index (χ0n) is 14.6. The first kappa shape index (κ1) is 19.7. The Morgan fingerprint density at radius 1 is 1.10 bits per heavy atom. The summed E-state index contributed by atoms with van der Waals surface area (Å²) in [6, 6.07) is 12.4. The Kier molecular flexibility index (Phi) is 4.76. The smallest absolute Gasteiger partial charge is 0.438 e. The van der Waals surface area contributed by atoms with Crippen LogP contribution in [0.5, 0.6) is 5.75 Å². The molecule has 5 nitrogen and oxygen atoms in total. The number of hydrazone groups is 1. The molecular weight excluding hydrogens is 427 g/mol. The number of benzene rings is 2. The second-order valence-electron chi connectivity index (χ2n) is 6.42. The highest BCUT2D eigenvalue weighted by Gasteiger charge is 2.62. The second kappa shape index (κ2) is 7.01. The third kappa shape index (κ3) is 3.57. The SMILES string of the molecule is Oc1cccc(C2=NN(c3nc(-c4ccc(Cl)cc4)cs3)[C@@](O)(C(F)(F)F)C2)c1. The fraction of sp³-hybridized carbons (Fsp3) is 0.158. The first-order valence-corrected chi connectivity index (χ1v) is 9.61. The molecule has 0 amide bonds. The Balaban J connectivity index is 1.75. The van der Waals surface area contributed by atoms with E-state index in [9.17, 15) is 23.4 Å². The molecule has 1 atom stereocenters. The summed E-state index contributed by atoms with van der Waals surface area (Å²) >= 11 is 6.79. The van der Waals surface area contributed by atoms with Crippen LogP contribution < -0.4 is 5.01 Å². The average Bonchev–Trinajstić information content (AvgIpc) is 3.27. The van der Waals surface area contributed by atoms with E-state index in [-0.39, 0.29) is 22.2 Å². The lowest BCUT2D eigenvalue weighted by Crippen LogP contribution is -2.55. The Bertz CT molecular complexity index is 1080. The zero-order chi connectivity index (χ0) is 20.8. The van der Waals surface area contributed by atoms with Crippen molar-refractivity contribution in [3.63, 3.8) is 0 Å². The standard InChI is InChI=1S/C19H13ClF3N3O2S/c20-13-6-4-11(5-7-13)16-10-29-17(24-16)26-18(28,19(21,22)23)9-15(25-26)12-2-1-3-14(27)8-12/h1-8,10,27-28H,9H2/t18-/m0/s1. The highest BCUT2D eigenvalue weighted by molar-refractivity contribution is 7.14. The minimum atomic E-state index is -4.98. The van der Waals surface area contributed by atoms with Crippen LogP contribution >= 0.6 is 22.9 Å². The van der Waals surface area contributed by atoms with Crippen LogP contribution in [-0.2, 0) is 0 Å². The van der Waals surface area contributed by atoms with Gasteiger partial charge in [-0.1, -0.05) is 35.9 Å². The number of rotatable bonds is 3. The molecule has 1 aliphatic rings. The number of phenols is 1. The number of anilines is 1. The molecule has 4 rings (SSSR count). The van der Waals surface area contributed by atoms with Crippen molar-refractivity contribution < 1.29 is 23.4 Å². The number of aromatic nitrogens is 1. The van der Waals surface area contributed by atoms with Gasteiger partial charge in [-0.05, 0) is 24.3 Å². The molecule has 0 fully saturated rings. The summed E-state index contributed by atoms with van der Waals surface area (Å²) in [5.74, 6) is -0.113. The van der Waals surface area contributed by atoms with Gasteiger partial charge in [0.15, 0.2) is 0 Å². The van der Waals surface area contributed by atoms with E-state index < -0.39 is 18.3 Å². The number of hydrogen-bond acceptors (Lipinski definition) is 6. The molecule has 2 aromatic carbocycles. The van der Waals surface area contributed by atoms with Crippen LogP contribution in [0, 0.1) is 0 Å². The van der Waals surface area contributed by atoms with Gasteiger partial charge in [0, 0.05) is 21.5 Å². The molecule has 0 saturated carbocycles. The summed E-state index contributed by atoms with van der Waals surface area (Å²) in [5.41, 5.74) is -1.87. The molecule has 0 unspecified atom stereocenters. The Labute approximate surface area is 172 Å². The van der Waals surface area contributed by atoms with Crippen LogP contribution in [-0.4, -0.2) is 32.8 Å². The predicted molar refractivity (Wildman–Crippen MR) is 105 cm³/mol. The minimum absolute atomic E-state index is 0.0102. The maximum Gasteiger partial charge on any atom is 0.438 e. The van der Waals surface area contributed by atoms with Gasteiger partial charge < -0.3 is 10.2 Å². The van der Waals surface area contributed by atoms with E-state index in [0.717, 1.165) is 11.3 Å². The van der Waals surface area contributed by atoms with Crippen LogP contribution in [0.4, 0.5) is 18.3 Å². The molecule has 0 radical (unpaired) electrons. The molecule has 2 heterocycles. The molecule has 1 aromatic heterocycles. The van der Waals surface area contributed by atoms with E-state index in [2.05, 4.69) is 10.1 Å². The van der Waals surface area contributed by atoms with Crippen LogP contribution in [0.15, 0.2) is 59.0 Å².